The van der Waals surface area contributed by atoms with Crippen molar-refractivity contribution in [1.29, 1.82) is 0 Å². The number of halogens is 1. The van der Waals surface area contributed by atoms with Crippen LogP contribution in [0.3, 0.4) is 0 Å². The molecule has 0 spiro atoms. The molecule has 8 heteroatoms. The lowest BCUT2D eigenvalue weighted by atomic mass is 10.0. The van der Waals surface area contributed by atoms with Crippen LogP contribution in [0.25, 0.3) is 0 Å². The highest BCUT2D eigenvalue weighted by Crippen LogP contribution is 2.23. The number of amides is 1. The molecule has 0 unspecified atom stereocenters. The fraction of sp³-hybridized carbons (Fsp3) is 0.318. The van der Waals surface area contributed by atoms with E-state index in [1.54, 1.807) is 6.07 Å². The van der Waals surface area contributed by atoms with Crippen LogP contribution in [0.15, 0.2) is 47.6 Å². The van der Waals surface area contributed by atoms with Gasteiger partial charge in [0, 0.05) is 17.8 Å². The lowest BCUT2D eigenvalue weighted by Gasteiger charge is -2.09. The Morgan fingerprint density at radius 1 is 1.20 bits per heavy atom. The molecule has 3 rings (SSSR count). The molecule has 0 radical (unpaired) electrons. The molecule has 0 aliphatic rings. The maximum atomic E-state index is 12.3. The molecule has 0 saturated heterocycles. The zero-order valence-electron chi connectivity index (χ0n) is 17.5. The first kappa shape index (κ1) is 22.2. The summed E-state index contributed by atoms with van der Waals surface area (Å²) in [5.41, 5.74) is 2.98. The lowest BCUT2D eigenvalue weighted by Crippen LogP contribution is -2.14. The number of hydrogen-bond acceptors (Lipinski definition) is 5. The Balaban J connectivity index is 1.51. The smallest absolute Gasteiger partial charge is 0.234 e. The van der Waals surface area contributed by atoms with Gasteiger partial charge in [-0.2, -0.15) is 0 Å². The SMILES string of the molecule is Cc1cc(OCc2nnc(SCC(=O)Nc3ccc(C(C)C)cc3)n2C)ccc1Cl. The van der Waals surface area contributed by atoms with Crippen LogP contribution in [0.2, 0.25) is 5.02 Å². The van der Waals surface area contributed by atoms with Crippen molar-refractivity contribution in [3.8, 4) is 5.75 Å². The summed E-state index contributed by atoms with van der Waals surface area (Å²) in [6, 6.07) is 13.4. The number of nitrogens with zero attached hydrogens (tertiary/aromatic N) is 3. The van der Waals surface area contributed by atoms with Crippen molar-refractivity contribution in [2.75, 3.05) is 11.1 Å². The number of carbonyl (C=O) groups is 1. The van der Waals surface area contributed by atoms with Crippen molar-refractivity contribution in [3.05, 3.63) is 64.4 Å². The second-order valence-electron chi connectivity index (χ2n) is 7.27. The molecule has 0 fully saturated rings. The van der Waals surface area contributed by atoms with Gasteiger partial charge in [-0.25, -0.2) is 0 Å². The molecule has 0 saturated carbocycles. The predicted molar refractivity (Wildman–Crippen MR) is 121 cm³/mol. The van der Waals surface area contributed by atoms with Gasteiger partial charge in [-0.3, -0.25) is 4.79 Å². The van der Waals surface area contributed by atoms with Gasteiger partial charge in [-0.05, 0) is 54.3 Å². The molecule has 3 aromatic rings. The second kappa shape index (κ2) is 10.00. The topological polar surface area (TPSA) is 69.0 Å². The van der Waals surface area contributed by atoms with Crippen molar-refractivity contribution in [1.82, 2.24) is 14.8 Å². The molecule has 158 valence electrons. The van der Waals surface area contributed by atoms with E-state index in [1.807, 2.05) is 54.9 Å². The fourth-order valence-corrected chi connectivity index (χ4v) is 3.58. The van der Waals surface area contributed by atoms with Gasteiger partial charge in [0.25, 0.3) is 0 Å². The van der Waals surface area contributed by atoms with Crippen LogP contribution in [0.1, 0.15) is 36.7 Å². The van der Waals surface area contributed by atoms with Crippen LogP contribution < -0.4 is 10.1 Å². The number of benzene rings is 2. The van der Waals surface area contributed by atoms with Crippen molar-refractivity contribution in [2.45, 2.75) is 38.5 Å². The standard InChI is InChI=1S/C22H25ClN4O2S/c1-14(2)16-5-7-17(8-6-16)24-21(28)13-30-22-26-25-20(27(22)4)12-29-18-9-10-19(23)15(3)11-18/h5-11,14H,12-13H2,1-4H3,(H,24,28). The van der Waals surface area contributed by atoms with E-state index in [4.69, 9.17) is 16.3 Å². The molecule has 0 atom stereocenters. The van der Waals surface area contributed by atoms with Gasteiger partial charge in [0.15, 0.2) is 11.0 Å². The lowest BCUT2D eigenvalue weighted by molar-refractivity contribution is -0.113. The van der Waals surface area contributed by atoms with E-state index in [9.17, 15) is 4.79 Å². The van der Waals surface area contributed by atoms with Crippen molar-refractivity contribution in [2.24, 2.45) is 7.05 Å². The monoisotopic (exact) mass is 444 g/mol. The Hall–Kier alpha value is -2.51. The first-order valence-corrected chi connectivity index (χ1v) is 11.0. The third-order valence-corrected chi connectivity index (χ3v) is 6.06. The minimum absolute atomic E-state index is 0.0882. The van der Waals surface area contributed by atoms with Gasteiger partial charge in [-0.15, -0.1) is 10.2 Å². The van der Waals surface area contributed by atoms with E-state index in [0.29, 0.717) is 21.9 Å². The third kappa shape index (κ3) is 5.77. The normalized spacial score (nSPS) is 11.0. The summed E-state index contributed by atoms with van der Waals surface area (Å²) in [4.78, 5) is 12.3. The van der Waals surface area contributed by atoms with Crippen molar-refractivity contribution >= 4 is 35.0 Å². The number of aromatic nitrogens is 3. The van der Waals surface area contributed by atoms with Gasteiger partial charge in [0.1, 0.15) is 12.4 Å². The molecule has 1 amide bonds. The summed E-state index contributed by atoms with van der Waals surface area (Å²) in [7, 11) is 1.86. The molecule has 0 aliphatic carbocycles. The Morgan fingerprint density at radius 3 is 2.60 bits per heavy atom. The molecule has 1 N–H and O–H groups in total. The molecule has 2 aromatic carbocycles. The zero-order chi connectivity index (χ0) is 21.7. The molecular weight excluding hydrogens is 420 g/mol. The average molecular weight is 445 g/mol. The van der Waals surface area contributed by atoms with Crippen LogP contribution in [-0.2, 0) is 18.4 Å². The van der Waals surface area contributed by atoms with Gasteiger partial charge in [-0.1, -0.05) is 49.3 Å². The average Bonchev–Trinajstić information content (AvgIpc) is 3.07. The summed E-state index contributed by atoms with van der Waals surface area (Å²) in [6.45, 7) is 6.48. The Labute approximate surface area is 186 Å². The highest BCUT2D eigenvalue weighted by atomic mass is 35.5. The van der Waals surface area contributed by atoms with Crippen molar-refractivity contribution < 1.29 is 9.53 Å². The van der Waals surface area contributed by atoms with Crippen molar-refractivity contribution in [3.63, 3.8) is 0 Å². The minimum atomic E-state index is -0.0882. The predicted octanol–water partition coefficient (Wildman–Crippen LogP) is 5.21. The molecule has 30 heavy (non-hydrogen) atoms. The van der Waals surface area contributed by atoms with E-state index in [-0.39, 0.29) is 18.3 Å². The minimum Gasteiger partial charge on any atom is -0.486 e. The van der Waals surface area contributed by atoms with Gasteiger partial charge in [0.05, 0.1) is 5.75 Å². The van der Waals surface area contributed by atoms with E-state index in [0.717, 1.165) is 17.0 Å². The number of rotatable bonds is 8. The van der Waals surface area contributed by atoms with Gasteiger partial charge < -0.3 is 14.6 Å². The summed E-state index contributed by atoms with van der Waals surface area (Å²) in [5, 5.41) is 12.6. The van der Waals surface area contributed by atoms with Crippen LogP contribution in [-0.4, -0.2) is 26.4 Å². The van der Waals surface area contributed by atoms with Crippen LogP contribution in [0.5, 0.6) is 5.75 Å². The molecule has 0 aliphatic heterocycles. The first-order valence-electron chi connectivity index (χ1n) is 9.63. The highest BCUT2D eigenvalue weighted by molar-refractivity contribution is 7.99. The molecule has 1 aromatic heterocycles. The first-order chi connectivity index (χ1) is 14.3. The van der Waals surface area contributed by atoms with Gasteiger partial charge in [0.2, 0.25) is 5.91 Å². The van der Waals surface area contributed by atoms with E-state index < -0.39 is 0 Å². The summed E-state index contributed by atoms with van der Waals surface area (Å²) < 4.78 is 7.61. The molecule has 1 heterocycles. The van der Waals surface area contributed by atoms with Crippen LogP contribution in [0.4, 0.5) is 5.69 Å². The van der Waals surface area contributed by atoms with Crippen LogP contribution >= 0.6 is 23.4 Å². The number of nitrogens with one attached hydrogen (secondary N) is 1. The highest BCUT2D eigenvalue weighted by Gasteiger charge is 2.12. The van der Waals surface area contributed by atoms with E-state index >= 15 is 0 Å². The Morgan fingerprint density at radius 2 is 1.93 bits per heavy atom. The molecule has 6 nitrogen and oxygen atoms in total. The maximum Gasteiger partial charge on any atom is 0.234 e. The Bertz CT molecular complexity index is 1020. The number of ether oxygens (including phenoxy) is 1. The molecular formula is C22H25ClN4O2S. The number of hydrogen-bond donors (Lipinski definition) is 1. The zero-order valence-corrected chi connectivity index (χ0v) is 19.0. The third-order valence-electron chi connectivity index (χ3n) is 4.62. The maximum absolute atomic E-state index is 12.3. The van der Waals surface area contributed by atoms with Gasteiger partial charge >= 0.3 is 0 Å². The summed E-state index contributed by atoms with van der Waals surface area (Å²) in [6.07, 6.45) is 0. The number of anilines is 1. The van der Waals surface area contributed by atoms with E-state index in [2.05, 4.69) is 29.4 Å². The quantitative estimate of drug-likeness (QED) is 0.483. The summed E-state index contributed by atoms with van der Waals surface area (Å²) in [5.74, 6) is 2.01. The number of aryl methyl sites for hydroxylation is 1. The van der Waals surface area contributed by atoms with E-state index in [1.165, 1.54) is 17.3 Å². The number of carbonyl (C=O) groups excluding carboxylic acids is 1. The second-order valence-corrected chi connectivity index (χ2v) is 8.62. The largest absolute Gasteiger partial charge is 0.486 e. The number of thioether (sulfide) groups is 1. The fourth-order valence-electron chi connectivity index (χ4n) is 2.73. The summed E-state index contributed by atoms with van der Waals surface area (Å²) >= 11 is 7.37. The molecule has 0 bridgehead atoms. The van der Waals surface area contributed by atoms with Crippen LogP contribution in [0, 0.1) is 6.92 Å². The Kier molecular flexibility index (Phi) is 7.39.